The van der Waals surface area contributed by atoms with Crippen LogP contribution in [0.3, 0.4) is 0 Å². The van der Waals surface area contributed by atoms with Gasteiger partial charge in [0.25, 0.3) is 5.91 Å². The van der Waals surface area contributed by atoms with Gasteiger partial charge in [-0.1, -0.05) is 30.3 Å². The SMILES string of the molecule is O=C(NCCN1CCCC1)c1coc(CN2CCN(Cc3ccccc3)CC2)n1. The van der Waals surface area contributed by atoms with E-state index in [-0.39, 0.29) is 5.91 Å². The van der Waals surface area contributed by atoms with Gasteiger partial charge in [-0.05, 0) is 31.5 Å². The number of carbonyl (C=O) groups is 1. The van der Waals surface area contributed by atoms with E-state index in [9.17, 15) is 4.79 Å². The monoisotopic (exact) mass is 397 g/mol. The summed E-state index contributed by atoms with van der Waals surface area (Å²) in [5.41, 5.74) is 1.73. The van der Waals surface area contributed by atoms with E-state index >= 15 is 0 Å². The van der Waals surface area contributed by atoms with Gasteiger partial charge in [0.05, 0.1) is 6.54 Å². The molecule has 0 saturated carbocycles. The summed E-state index contributed by atoms with van der Waals surface area (Å²) in [7, 11) is 0. The van der Waals surface area contributed by atoms with E-state index in [0.29, 0.717) is 24.7 Å². The molecule has 2 aliphatic heterocycles. The molecule has 3 heterocycles. The molecule has 0 spiro atoms. The molecule has 1 aromatic carbocycles. The van der Waals surface area contributed by atoms with Gasteiger partial charge in [0.2, 0.25) is 5.89 Å². The molecule has 1 amide bonds. The van der Waals surface area contributed by atoms with Crippen molar-refractivity contribution in [1.82, 2.24) is 25.0 Å². The fourth-order valence-electron chi connectivity index (χ4n) is 4.05. The molecule has 2 aliphatic rings. The number of benzene rings is 1. The number of oxazole rings is 1. The summed E-state index contributed by atoms with van der Waals surface area (Å²) in [4.78, 5) is 23.9. The molecule has 0 bridgehead atoms. The van der Waals surface area contributed by atoms with Crippen molar-refractivity contribution in [2.75, 3.05) is 52.4 Å². The van der Waals surface area contributed by atoms with Crippen LogP contribution >= 0.6 is 0 Å². The lowest BCUT2D eigenvalue weighted by molar-refractivity contribution is 0.0944. The van der Waals surface area contributed by atoms with E-state index in [0.717, 1.165) is 52.4 Å². The first-order valence-corrected chi connectivity index (χ1v) is 10.7. The number of likely N-dealkylation sites (tertiary alicyclic amines) is 1. The second-order valence-corrected chi connectivity index (χ2v) is 7.97. The zero-order valence-corrected chi connectivity index (χ0v) is 17.1. The molecule has 0 atom stereocenters. The van der Waals surface area contributed by atoms with E-state index in [1.54, 1.807) is 0 Å². The van der Waals surface area contributed by atoms with Crippen LogP contribution in [0.1, 0.15) is 34.8 Å². The fourth-order valence-corrected chi connectivity index (χ4v) is 4.05. The quantitative estimate of drug-likeness (QED) is 0.733. The summed E-state index contributed by atoms with van der Waals surface area (Å²) in [6, 6.07) is 10.6. The zero-order valence-electron chi connectivity index (χ0n) is 17.1. The van der Waals surface area contributed by atoms with Crippen LogP contribution in [0.4, 0.5) is 0 Å². The van der Waals surface area contributed by atoms with E-state index in [1.165, 1.54) is 24.7 Å². The zero-order chi connectivity index (χ0) is 19.9. The molecule has 156 valence electrons. The summed E-state index contributed by atoms with van der Waals surface area (Å²) in [6.07, 6.45) is 4.01. The maximum Gasteiger partial charge on any atom is 0.273 e. The number of piperazine rings is 1. The van der Waals surface area contributed by atoms with Crippen LogP contribution in [0.15, 0.2) is 41.0 Å². The largest absolute Gasteiger partial charge is 0.447 e. The van der Waals surface area contributed by atoms with Gasteiger partial charge in [0, 0.05) is 45.8 Å². The highest BCUT2D eigenvalue weighted by atomic mass is 16.3. The van der Waals surface area contributed by atoms with Gasteiger partial charge in [-0.3, -0.25) is 14.6 Å². The predicted molar refractivity (Wildman–Crippen MR) is 112 cm³/mol. The Morgan fingerprint density at radius 2 is 1.62 bits per heavy atom. The van der Waals surface area contributed by atoms with Crippen molar-refractivity contribution >= 4 is 5.91 Å². The van der Waals surface area contributed by atoms with Gasteiger partial charge in [0.1, 0.15) is 6.26 Å². The highest BCUT2D eigenvalue weighted by molar-refractivity contribution is 5.91. The number of hydrogen-bond acceptors (Lipinski definition) is 6. The van der Waals surface area contributed by atoms with Gasteiger partial charge in [-0.2, -0.15) is 0 Å². The lowest BCUT2D eigenvalue weighted by Gasteiger charge is -2.34. The van der Waals surface area contributed by atoms with Gasteiger partial charge in [0.15, 0.2) is 5.69 Å². The van der Waals surface area contributed by atoms with Crippen molar-refractivity contribution in [3.63, 3.8) is 0 Å². The summed E-state index contributed by atoms with van der Waals surface area (Å²) in [5, 5.41) is 2.95. The molecule has 29 heavy (non-hydrogen) atoms. The Morgan fingerprint density at radius 3 is 2.34 bits per heavy atom. The number of hydrogen-bond donors (Lipinski definition) is 1. The highest BCUT2D eigenvalue weighted by Gasteiger charge is 2.20. The molecule has 7 nitrogen and oxygen atoms in total. The smallest absolute Gasteiger partial charge is 0.273 e. The van der Waals surface area contributed by atoms with Gasteiger partial charge in [-0.15, -0.1) is 0 Å². The second-order valence-electron chi connectivity index (χ2n) is 7.97. The first kappa shape index (κ1) is 20.1. The third-order valence-corrected chi connectivity index (χ3v) is 5.77. The minimum absolute atomic E-state index is 0.146. The predicted octanol–water partition coefficient (Wildman–Crippen LogP) is 1.82. The summed E-state index contributed by atoms with van der Waals surface area (Å²) in [6.45, 7) is 9.51. The normalized spacial score (nSPS) is 18.9. The minimum Gasteiger partial charge on any atom is -0.447 e. The Balaban J connectivity index is 1.18. The Kier molecular flexibility index (Phi) is 6.92. The molecular weight excluding hydrogens is 366 g/mol. The molecule has 2 saturated heterocycles. The molecule has 1 N–H and O–H groups in total. The molecule has 2 fully saturated rings. The molecule has 0 unspecified atom stereocenters. The highest BCUT2D eigenvalue weighted by Crippen LogP contribution is 2.12. The van der Waals surface area contributed by atoms with Crippen molar-refractivity contribution in [1.29, 1.82) is 0 Å². The number of rotatable bonds is 8. The molecule has 0 aliphatic carbocycles. The molecule has 1 aromatic heterocycles. The van der Waals surface area contributed by atoms with E-state index in [4.69, 9.17) is 4.42 Å². The first-order valence-electron chi connectivity index (χ1n) is 10.7. The number of nitrogens with one attached hydrogen (secondary N) is 1. The maximum atomic E-state index is 12.3. The van der Waals surface area contributed by atoms with Crippen molar-refractivity contribution < 1.29 is 9.21 Å². The van der Waals surface area contributed by atoms with Crippen LogP contribution in [-0.2, 0) is 13.1 Å². The minimum atomic E-state index is -0.146. The van der Waals surface area contributed by atoms with Crippen molar-refractivity contribution in [3.8, 4) is 0 Å². The van der Waals surface area contributed by atoms with E-state index < -0.39 is 0 Å². The van der Waals surface area contributed by atoms with Gasteiger partial charge < -0.3 is 14.6 Å². The van der Waals surface area contributed by atoms with Crippen LogP contribution in [0.25, 0.3) is 0 Å². The van der Waals surface area contributed by atoms with Crippen LogP contribution < -0.4 is 5.32 Å². The first-order chi connectivity index (χ1) is 14.3. The van der Waals surface area contributed by atoms with Crippen molar-refractivity contribution in [2.24, 2.45) is 0 Å². The number of amides is 1. The maximum absolute atomic E-state index is 12.3. The molecule has 2 aromatic rings. The third kappa shape index (κ3) is 5.88. The standard InChI is InChI=1S/C22H31N5O2/c28-22(23-8-11-25-9-4-5-10-25)20-18-29-21(24-20)17-27-14-12-26(13-15-27)16-19-6-2-1-3-7-19/h1-3,6-7,18H,4-5,8-17H2,(H,23,28). The molecule has 4 rings (SSSR count). The van der Waals surface area contributed by atoms with Gasteiger partial charge in [-0.25, -0.2) is 4.98 Å². The van der Waals surface area contributed by atoms with Crippen molar-refractivity contribution in [3.05, 3.63) is 53.7 Å². The molecular formula is C22H31N5O2. The Hall–Kier alpha value is -2.22. The van der Waals surface area contributed by atoms with Crippen molar-refractivity contribution in [2.45, 2.75) is 25.9 Å². The van der Waals surface area contributed by atoms with Crippen LogP contribution in [0, 0.1) is 0 Å². The van der Waals surface area contributed by atoms with Crippen LogP contribution in [0.2, 0.25) is 0 Å². The number of carbonyl (C=O) groups excluding carboxylic acids is 1. The Bertz CT molecular complexity index is 765. The van der Waals surface area contributed by atoms with E-state index in [1.807, 2.05) is 0 Å². The summed E-state index contributed by atoms with van der Waals surface area (Å²) in [5.74, 6) is 0.470. The Morgan fingerprint density at radius 1 is 0.931 bits per heavy atom. The second kappa shape index (κ2) is 10.0. The lowest BCUT2D eigenvalue weighted by Crippen LogP contribution is -2.45. The van der Waals surface area contributed by atoms with E-state index in [2.05, 4.69) is 55.3 Å². The molecule has 0 radical (unpaired) electrons. The lowest BCUT2D eigenvalue weighted by atomic mass is 10.2. The fraction of sp³-hybridized carbons (Fsp3) is 0.545. The average Bonchev–Trinajstić information content (AvgIpc) is 3.42. The Labute approximate surface area is 172 Å². The van der Waals surface area contributed by atoms with Crippen LogP contribution in [0.5, 0.6) is 0 Å². The van der Waals surface area contributed by atoms with Crippen LogP contribution in [-0.4, -0.2) is 77.9 Å². The summed E-state index contributed by atoms with van der Waals surface area (Å²) < 4.78 is 5.55. The third-order valence-electron chi connectivity index (χ3n) is 5.77. The average molecular weight is 398 g/mol. The number of nitrogens with zero attached hydrogens (tertiary/aromatic N) is 4. The number of aromatic nitrogens is 1. The molecule has 7 heteroatoms. The summed E-state index contributed by atoms with van der Waals surface area (Å²) >= 11 is 0. The topological polar surface area (TPSA) is 64.9 Å². The van der Waals surface area contributed by atoms with Gasteiger partial charge >= 0.3 is 0 Å².